The molecule has 5 heteroatoms. The van der Waals surface area contributed by atoms with Gasteiger partial charge < -0.3 is 10.0 Å². The molecule has 0 radical (unpaired) electrons. The Bertz CT molecular complexity index is 452. The highest BCUT2D eigenvalue weighted by Crippen LogP contribution is 2.22. The molecule has 1 aromatic rings. The van der Waals surface area contributed by atoms with Crippen molar-refractivity contribution >= 4 is 23.6 Å². The van der Waals surface area contributed by atoms with E-state index in [4.69, 9.17) is 5.11 Å². The molecule has 1 unspecified atom stereocenters. The third-order valence-electron chi connectivity index (χ3n) is 3.15. The van der Waals surface area contributed by atoms with Gasteiger partial charge in [0.05, 0.1) is 5.56 Å². The first kappa shape index (κ1) is 13.0. The molecule has 96 valence electrons. The number of carbonyl (C=O) groups is 2. The van der Waals surface area contributed by atoms with Crippen molar-refractivity contribution in [3.63, 3.8) is 0 Å². The molecule has 1 atom stereocenters. The van der Waals surface area contributed by atoms with E-state index in [9.17, 15) is 9.59 Å². The van der Waals surface area contributed by atoms with Crippen LogP contribution >= 0.6 is 11.8 Å². The normalized spacial score (nSPS) is 18.6. The summed E-state index contributed by atoms with van der Waals surface area (Å²) in [6, 6.07) is 6.37. The Labute approximate surface area is 110 Å². The Morgan fingerprint density at radius 1 is 1.28 bits per heavy atom. The van der Waals surface area contributed by atoms with Crippen LogP contribution in [-0.2, 0) is 0 Å². The maximum Gasteiger partial charge on any atom is 0.335 e. The van der Waals surface area contributed by atoms with Crippen molar-refractivity contribution in [1.82, 2.24) is 4.90 Å². The van der Waals surface area contributed by atoms with Gasteiger partial charge in [0, 0.05) is 24.4 Å². The molecule has 0 bridgehead atoms. The van der Waals surface area contributed by atoms with Gasteiger partial charge in [0.2, 0.25) is 0 Å². The first-order valence-corrected chi connectivity index (χ1v) is 6.93. The Morgan fingerprint density at radius 2 is 1.89 bits per heavy atom. The van der Waals surface area contributed by atoms with E-state index in [1.807, 2.05) is 18.8 Å². The number of thioether (sulfide) groups is 1. The molecule has 0 aliphatic carbocycles. The summed E-state index contributed by atoms with van der Waals surface area (Å²) in [4.78, 5) is 24.7. The van der Waals surface area contributed by atoms with E-state index >= 15 is 0 Å². The lowest BCUT2D eigenvalue weighted by atomic mass is 10.1. The van der Waals surface area contributed by atoms with Crippen molar-refractivity contribution in [3.8, 4) is 0 Å². The van der Waals surface area contributed by atoms with Crippen LogP contribution in [0.15, 0.2) is 24.3 Å². The lowest BCUT2D eigenvalue weighted by Crippen LogP contribution is -2.36. The van der Waals surface area contributed by atoms with Crippen LogP contribution in [0, 0.1) is 0 Å². The quantitative estimate of drug-likeness (QED) is 0.907. The van der Waals surface area contributed by atoms with E-state index in [0.29, 0.717) is 11.6 Å². The van der Waals surface area contributed by atoms with Gasteiger partial charge in [0.15, 0.2) is 0 Å². The number of hydrogen-bond acceptors (Lipinski definition) is 3. The molecule has 1 aromatic carbocycles. The largest absolute Gasteiger partial charge is 0.478 e. The Balaban J connectivity index is 2.10. The third-order valence-corrected chi connectivity index (χ3v) is 4.30. The summed E-state index contributed by atoms with van der Waals surface area (Å²) >= 11 is 1.86. The van der Waals surface area contributed by atoms with Crippen molar-refractivity contribution in [3.05, 3.63) is 35.4 Å². The zero-order chi connectivity index (χ0) is 13.1. The molecular formula is C13H15NO3S. The number of rotatable bonds is 3. The fourth-order valence-electron chi connectivity index (χ4n) is 1.95. The molecular weight excluding hydrogens is 250 g/mol. The summed E-state index contributed by atoms with van der Waals surface area (Å²) in [5.74, 6) is 1.06. The number of benzene rings is 1. The summed E-state index contributed by atoms with van der Waals surface area (Å²) < 4.78 is 0. The van der Waals surface area contributed by atoms with Crippen LogP contribution in [0.4, 0.5) is 0 Å². The highest BCUT2D eigenvalue weighted by Gasteiger charge is 2.24. The lowest BCUT2D eigenvalue weighted by Gasteiger charge is -2.23. The van der Waals surface area contributed by atoms with Gasteiger partial charge in [-0.05, 0) is 36.4 Å². The van der Waals surface area contributed by atoms with Crippen LogP contribution in [0.25, 0.3) is 0 Å². The van der Waals surface area contributed by atoms with Crippen molar-refractivity contribution in [2.75, 3.05) is 18.6 Å². The summed E-state index contributed by atoms with van der Waals surface area (Å²) in [6.07, 6.45) is 1.03. The number of carboxylic acid groups (broad SMARTS) is 1. The van der Waals surface area contributed by atoms with E-state index in [0.717, 1.165) is 17.9 Å². The first-order chi connectivity index (χ1) is 8.59. The number of carbonyl (C=O) groups excluding carboxylic acids is 1. The molecule has 18 heavy (non-hydrogen) atoms. The summed E-state index contributed by atoms with van der Waals surface area (Å²) in [6.45, 7) is 0. The fourth-order valence-corrected chi connectivity index (χ4v) is 3.22. The van der Waals surface area contributed by atoms with Gasteiger partial charge in [-0.1, -0.05) is 0 Å². The Kier molecular flexibility index (Phi) is 3.91. The van der Waals surface area contributed by atoms with E-state index in [1.54, 1.807) is 17.0 Å². The summed E-state index contributed by atoms with van der Waals surface area (Å²) in [5, 5.41) is 8.80. The average Bonchev–Trinajstić information content (AvgIpc) is 2.91. The van der Waals surface area contributed by atoms with Crippen LogP contribution in [0.1, 0.15) is 27.1 Å². The molecule has 4 nitrogen and oxygen atoms in total. The number of amides is 1. The molecule has 0 aromatic heterocycles. The minimum Gasteiger partial charge on any atom is -0.478 e. The number of carboxylic acids is 1. The van der Waals surface area contributed by atoms with Crippen LogP contribution in [0.5, 0.6) is 0 Å². The molecule has 0 saturated carbocycles. The second-order valence-electron chi connectivity index (χ2n) is 4.32. The van der Waals surface area contributed by atoms with Gasteiger partial charge >= 0.3 is 5.97 Å². The maximum atomic E-state index is 12.2. The maximum absolute atomic E-state index is 12.2. The van der Waals surface area contributed by atoms with Gasteiger partial charge in [0.25, 0.3) is 5.91 Å². The van der Waals surface area contributed by atoms with Crippen molar-refractivity contribution < 1.29 is 14.7 Å². The van der Waals surface area contributed by atoms with Crippen LogP contribution in [-0.4, -0.2) is 46.5 Å². The summed E-state index contributed by atoms with van der Waals surface area (Å²) in [7, 11) is 1.81. The molecule has 1 amide bonds. The zero-order valence-electron chi connectivity index (χ0n) is 10.1. The van der Waals surface area contributed by atoms with Gasteiger partial charge in [-0.15, -0.1) is 0 Å². The first-order valence-electron chi connectivity index (χ1n) is 5.78. The van der Waals surface area contributed by atoms with E-state index in [-0.39, 0.29) is 11.5 Å². The van der Waals surface area contributed by atoms with E-state index < -0.39 is 5.97 Å². The molecule has 2 rings (SSSR count). The van der Waals surface area contributed by atoms with Gasteiger partial charge in [-0.3, -0.25) is 4.79 Å². The molecule has 1 aliphatic heterocycles. The van der Waals surface area contributed by atoms with Gasteiger partial charge in [-0.2, -0.15) is 11.8 Å². The standard InChI is InChI=1S/C13H15NO3S/c1-14(11-6-7-18-8-11)12(15)9-2-4-10(5-3-9)13(16)17/h2-5,11H,6-8H2,1H3,(H,16,17). The minimum atomic E-state index is -0.977. The number of aromatic carboxylic acids is 1. The van der Waals surface area contributed by atoms with Crippen LogP contribution in [0.3, 0.4) is 0 Å². The lowest BCUT2D eigenvalue weighted by molar-refractivity contribution is 0.0693. The monoisotopic (exact) mass is 265 g/mol. The molecule has 1 heterocycles. The fraction of sp³-hybridized carbons (Fsp3) is 0.385. The molecule has 1 saturated heterocycles. The SMILES string of the molecule is CN(C(=O)c1ccc(C(=O)O)cc1)C1CCSC1. The Morgan fingerprint density at radius 3 is 2.39 bits per heavy atom. The van der Waals surface area contributed by atoms with Crippen LogP contribution < -0.4 is 0 Å². The summed E-state index contributed by atoms with van der Waals surface area (Å²) in [5.41, 5.74) is 0.741. The number of hydrogen-bond donors (Lipinski definition) is 1. The highest BCUT2D eigenvalue weighted by molar-refractivity contribution is 7.99. The average molecular weight is 265 g/mol. The predicted octanol–water partition coefficient (Wildman–Crippen LogP) is 1.96. The Hall–Kier alpha value is -1.49. The highest BCUT2D eigenvalue weighted by atomic mass is 32.2. The van der Waals surface area contributed by atoms with Gasteiger partial charge in [0.1, 0.15) is 0 Å². The molecule has 0 spiro atoms. The predicted molar refractivity (Wildman–Crippen MR) is 71.2 cm³/mol. The van der Waals surface area contributed by atoms with Crippen molar-refractivity contribution in [2.24, 2.45) is 0 Å². The molecule has 1 aliphatic rings. The second-order valence-corrected chi connectivity index (χ2v) is 5.47. The smallest absolute Gasteiger partial charge is 0.335 e. The minimum absolute atomic E-state index is 0.0422. The van der Waals surface area contributed by atoms with Gasteiger partial charge in [-0.25, -0.2) is 4.79 Å². The zero-order valence-corrected chi connectivity index (χ0v) is 10.9. The van der Waals surface area contributed by atoms with E-state index in [1.165, 1.54) is 12.1 Å². The molecule has 1 fully saturated rings. The van der Waals surface area contributed by atoms with Crippen LogP contribution in [0.2, 0.25) is 0 Å². The van der Waals surface area contributed by atoms with Crippen molar-refractivity contribution in [2.45, 2.75) is 12.5 Å². The second kappa shape index (κ2) is 5.44. The third kappa shape index (κ3) is 2.67. The van der Waals surface area contributed by atoms with E-state index in [2.05, 4.69) is 0 Å². The van der Waals surface area contributed by atoms with Crippen molar-refractivity contribution in [1.29, 1.82) is 0 Å². The topological polar surface area (TPSA) is 57.6 Å². The molecule has 1 N–H and O–H groups in total. The number of nitrogens with zero attached hydrogens (tertiary/aromatic N) is 1.